The molecular formula is C16H24FN3O. The second kappa shape index (κ2) is 6.38. The number of nitrogens with one attached hydrogen (secondary N) is 1. The number of morpholine rings is 1. The van der Waals surface area contributed by atoms with E-state index in [0.717, 1.165) is 44.7 Å². The van der Waals surface area contributed by atoms with E-state index in [1.54, 1.807) is 12.3 Å². The summed E-state index contributed by atoms with van der Waals surface area (Å²) in [5.41, 5.74) is 1.01. The van der Waals surface area contributed by atoms with Crippen molar-refractivity contribution in [2.45, 2.75) is 37.3 Å². The zero-order valence-corrected chi connectivity index (χ0v) is 12.6. The summed E-state index contributed by atoms with van der Waals surface area (Å²) in [5, 5.41) is 3.44. The number of aromatic nitrogens is 1. The molecule has 0 bridgehead atoms. The molecule has 2 heterocycles. The minimum atomic E-state index is -0.261. The first-order valence-electron chi connectivity index (χ1n) is 7.87. The summed E-state index contributed by atoms with van der Waals surface area (Å²) in [5.74, 6) is -0.261. The SMILES string of the molecule is CNC(c1cncc(F)c1)C1(N2CCOCC2)CCCC1. The molecule has 1 aromatic rings. The Labute approximate surface area is 125 Å². The van der Waals surface area contributed by atoms with E-state index in [9.17, 15) is 4.39 Å². The van der Waals surface area contributed by atoms with E-state index >= 15 is 0 Å². The van der Waals surface area contributed by atoms with Crippen LogP contribution in [0.3, 0.4) is 0 Å². The van der Waals surface area contributed by atoms with Crippen molar-refractivity contribution in [1.29, 1.82) is 0 Å². The van der Waals surface area contributed by atoms with Gasteiger partial charge in [-0.2, -0.15) is 0 Å². The molecule has 1 saturated carbocycles. The molecule has 116 valence electrons. The molecule has 1 unspecified atom stereocenters. The van der Waals surface area contributed by atoms with Crippen LogP contribution in [-0.2, 0) is 4.74 Å². The molecule has 0 amide bonds. The van der Waals surface area contributed by atoms with Gasteiger partial charge in [0.15, 0.2) is 0 Å². The molecule has 0 spiro atoms. The van der Waals surface area contributed by atoms with Crippen molar-refractivity contribution < 1.29 is 9.13 Å². The molecular weight excluding hydrogens is 269 g/mol. The number of halogens is 1. The monoisotopic (exact) mass is 293 g/mol. The van der Waals surface area contributed by atoms with Crippen molar-refractivity contribution in [1.82, 2.24) is 15.2 Å². The van der Waals surface area contributed by atoms with E-state index < -0.39 is 0 Å². The maximum absolute atomic E-state index is 13.6. The first-order valence-corrected chi connectivity index (χ1v) is 7.87. The van der Waals surface area contributed by atoms with E-state index in [4.69, 9.17) is 4.74 Å². The van der Waals surface area contributed by atoms with Crippen LogP contribution in [0, 0.1) is 5.82 Å². The number of ether oxygens (including phenoxy) is 1. The number of nitrogens with zero attached hydrogens (tertiary/aromatic N) is 2. The Kier molecular flexibility index (Phi) is 4.52. The number of pyridine rings is 1. The number of likely N-dealkylation sites (N-methyl/N-ethyl adjacent to an activating group) is 1. The summed E-state index contributed by atoms with van der Waals surface area (Å²) < 4.78 is 19.1. The Balaban J connectivity index is 1.93. The molecule has 1 aliphatic carbocycles. The highest BCUT2D eigenvalue weighted by atomic mass is 19.1. The second-order valence-corrected chi connectivity index (χ2v) is 6.07. The molecule has 21 heavy (non-hydrogen) atoms. The van der Waals surface area contributed by atoms with Gasteiger partial charge in [0.25, 0.3) is 0 Å². The average molecular weight is 293 g/mol. The maximum atomic E-state index is 13.6. The van der Waals surface area contributed by atoms with E-state index in [0.29, 0.717) is 0 Å². The average Bonchev–Trinajstić information content (AvgIpc) is 3.00. The molecule has 1 saturated heterocycles. The lowest BCUT2D eigenvalue weighted by Crippen LogP contribution is -2.57. The van der Waals surface area contributed by atoms with Crippen LogP contribution in [0.25, 0.3) is 0 Å². The predicted octanol–water partition coefficient (Wildman–Crippen LogP) is 2.13. The van der Waals surface area contributed by atoms with Crippen molar-refractivity contribution in [3.8, 4) is 0 Å². The van der Waals surface area contributed by atoms with Crippen molar-refractivity contribution in [3.63, 3.8) is 0 Å². The molecule has 1 aliphatic heterocycles. The van der Waals surface area contributed by atoms with Crippen molar-refractivity contribution in [2.24, 2.45) is 0 Å². The number of hydrogen-bond donors (Lipinski definition) is 1. The van der Waals surface area contributed by atoms with Crippen LogP contribution in [0.5, 0.6) is 0 Å². The molecule has 1 N–H and O–H groups in total. The molecule has 0 radical (unpaired) electrons. The summed E-state index contributed by atoms with van der Waals surface area (Å²) in [6.45, 7) is 3.50. The van der Waals surface area contributed by atoms with Gasteiger partial charge in [-0.3, -0.25) is 9.88 Å². The normalized spacial score (nSPS) is 24.1. The summed E-state index contributed by atoms with van der Waals surface area (Å²) >= 11 is 0. The van der Waals surface area contributed by atoms with Gasteiger partial charge in [0.1, 0.15) is 5.82 Å². The topological polar surface area (TPSA) is 37.4 Å². The van der Waals surface area contributed by atoms with Crippen LogP contribution in [0.2, 0.25) is 0 Å². The van der Waals surface area contributed by atoms with Gasteiger partial charge in [0, 0.05) is 24.8 Å². The fourth-order valence-corrected chi connectivity index (χ4v) is 4.12. The highest BCUT2D eigenvalue weighted by molar-refractivity contribution is 5.22. The molecule has 0 aromatic carbocycles. The van der Waals surface area contributed by atoms with Crippen LogP contribution in [-0.4, -0.2) is 48.8 Å². The Morgan fingerprint density at radius 3 is 2.62 bits per heavy atom. The Hall–Kier alpha value is -1.04. The predicted molar refractivity (Wildman–Crippen MR) is 79.6 cm³/mol. The summed E-state index contributed by atoms with van der Waals surface area (Å²) in [6, 6.07) is 1.73. The van der Waals surface area contributed by atoms with Gasteiger partial charge in [-0.1, -0.05) is 12.8 Å². The molecule has 1 atom stereocenters. The molecule has 5 heteroatoms. The van der Waals surface area contributed by atoms with E-state index in [1.165, 1.54) is 19.0 Å². The molecule has 3 rings (SSSR count). The van der Waals surface area contributed by atoms with Gasteiger partial charge in [0.2, 0.25) is 0 Å². The standard InChI is InChI=1S/C16H24FN3O/c1-18-15(13-10-14(17)12-19-11-13)16(4-2-3-5-16)20-6-8-21-9-7-20/h10-12,15,18H,2-9H2,1H3. The largest absolute Gasteiger partial charge is 0.379 e. The van der Waals surface area contributed by atoms with E-state index in [1.807, 2.05) is 7.05 Å². The summed E-state index contributed by atoms with van der Waals surface area (Å²) in [6.07, 6.45) is 7.83. The Morgan fingerprint density at radius 2 is 2.00 bits per heavy atom. The Bertz CT molecular complexity index is 470. The van der Waals surface area contributed by atoms with Gasteiger partial charge in [-0.25, -0.2) is 4.39 Å². The number of rotatable bonds is 4. The van der Waals surface area contributed by atoms with Crippen molar-refractivity contribution in [2.75, 3.05) is 33.4 Å². The lowest BCUT2D eigenvalue weighted by atomic mass is 9.82. The summed E-state index contributed by atoms with van der Waals surface area (Å²) in [7, 11) is 1.97. The van der Waals surface area contributed by atoms with Crippen LogP contribution in [0.1, 0.15) is 37.3 Å². The fourth-order valence-electron chi connectivity index (χ4n) is 4.12. The second-order valence-electron chi connectivity index (χ2n) is 6.07. The third kappa shape index (κ3) is 2.82. The first-order chi connectivity index (χ1) is 10.3. The smallest absolute Gasteiger partial charge is 0.141 e. The third-order valence-electron chi connectivity index (χ3n) is 5.00. The van der Waals surface area contributed by atoms with E-state index in [-0.39, 0.29) is 17.4 Å². The zero-order chi connectivity index (χ0) is 14.7. The van der Waals surface area contributed by atoms with Crippen LogP contribution < -0.4 is 5.32 Å². The van der Waals surface area contributed by atoms with Crippen LogP contribution >= 0.6 is 0 Å². The zero-order valence-electron chi connectivity index (χ0n) is 12.6. The van der Waals surface area contributed by atoms with Gasteiger partial charge >= 0.3 is 0 Å². The quantitative estimate of drug-likeness (QED) is 0.923. The fraction of sp³-hybridized carbons (Fsp3) is 0.688. The first kappa shape index (κ1) is 14.9. The number of hydrogen-bond acceptors (Lipinski definition) is 4. The van der Waals surface area contributed by atoms with Crippen LogP contribution in [0.15, 0.2) is 18.5 Å². The highest BCUT2D eigenvalue weighted by Gasteiger charge is 2.46. The van der Waals surface area contributed by atoms with Gasteiger partial charge < -0.3 is 10.1 Å². The van der Waals surface area contributed by atoms with Gasteiger partial charge in [-0.15, -0.1) is 0 Å². The van der Waals surface area contributed by atoms with E-state index in [2.05, 4.69) is 15.2 Å². The highest BCUT2D eigenvalue weighted by Crippen LogP contribution is 2.44. The van der Waals surface area contributed by atoms with Crippen LogP contribution in [0.4, 0.5) is 4.39 Å². The molecule has 1 aromatic heterocycles. The minimum absolute atomic E-state index is 0.0635. The Morgan fingerprint density at radius 1 is 1.29 bits per heavy atom. The maximum Gasteiger partial charge on any atom is 0.141 e. The minimum Gasteiger partial charge on any atom is -0.379 e. The lowest BCUT2D eigenvalue weighted by Gasteiger charge is -2.48. The van der Waals surface area contributed by atoms with Gasteiger partial charge in [-0.05, 0) is 31.5 Å². The molecule has 2 aliphatic rings. The van der Waals surface area contributed by atoms with Crippen molar-refractivity contribution >= 4 is 0 Å². The van der Waals surface area contributed by atoms with Gasteiger partial charge in [0.05, 0.1) is 25.5 Å². The third-order valence-corrected chi connectivity index (χ3v) is 5.00. The lowest BCUT2D eigenvalue weighted by molar-refractivity contribution is -0.0354. The molecule has 4 nitrogen and oxygen atoms in total. The molecule has 2 fully saturated rings. The summed E-state index contributed by atoms with van der Waals surface area (Å²) in [4.78, 5) is 6.59. The van der Waals surface area contributed by atoms with Crippen molar-refractivity contribution in [3.05, 3.63) is 29.8 Å².